The molecule has 9 heteroatoms. The number of carbonyl (C=O) groups is 1. The molecule has 22 heavy (non-hydrogen) atoms. The van der Waals surface area contributed by atoms with Crippen molar-refractivity contribution in [3.63, 3.8) is 0 Å². The minimum absolute atomic E-state index is 0.0178. The Labute approximate surface area is 128 Å². The molecule has 0 saturated carbocycles. The zero-order valence-corrected chi connectivity index (χ0v) is 12.2. The molecule has 0 unspecified atom stereocenters. The smallest absolute Gasteiger partial charge is 0.416 e. The summed E-state index contributed by atoms with van der Waals surface area (Å²) in [6, 6.07) is 4.60. The maximum atomic E-state index is 12.7. The van der Waals surface area contributed by atoms with Crippen LogP contribution in [0.5, 0.6) is 0 Å². The molecule has 0 aliphatic rings. The number of nitrogens with zero attached hydrogens (tertiary/aromatic N) is 1. The second-order valence-electron chi connectivity index (χ2n) is 4.20. The van der Waals surface area contributed by atoms with E-state index in [2.05, 4.69) is 9.69 Å². The monoisotopic (exact) mass is 331 g/mol. The van der Waals surface area contributed by atoms with Gasteiger partial charge in [0.2, 0.25) is 0 Å². The fourth-order valence-electron chi connectivity index (χ4n) is 1.69. The lowest BCUT2D eigenvalue weighted by molar-refractivity contribution is -0.137. The van der Waals surface area contributed by atoms with E-state index in [1.807, 2.05) is 0 Å². The Hall–Kier alpha value is -2.29. The van der Waals surface area contributed by atoms with Gasteiger partial charge in [-0.15, -0.1) is 0 Å². The number of nitrogens with two attached hydrogens (primary N) is 1. The molecule has 1 aromatic carbocycles. The van der Waals surface area contributed by atoms with Gasteiger partial charge in [-0.1, -0.05) is 6.07 Å². The van der Waals surface area contributed by atoms with Gasteiger partial charge in [0.1, 0.15) is 10.6 Å². The summed E-state index contributed by atoms with van der Waals surface area (Å²) in [7, 11) is 0. The van der Waals surface area contributed by atoms with Crippen LogP contribution < -0.4 is 11.1 Å². The predicted octanol–water partition coefficient (Wildman–Crippen LogP) is 3.66. The van der Waals surface area contributed by atoms with Gasteiger partial charge >= 0.3 is 12.1 Å². The van der Waals surface area contributed by atoms with Crippen molar-refractivity contribution in [1.82, 2.24) is 4.37 Å². The zero-order valence-electron chi connectivity index (χ0n) is 11.4. The van der Waals surface area contributed by atoms with E-state index in [4.69, 9.17) is 10.5 Å². The summed E-state index contributed by atoms with van der Waals surface area (Å²) < 4.78 is 46.7. The number of hydrogen-bond donors (Lipinski definition) is 2. The van der Waals surface area contributed by atoms with E-state index in [-0.39, 0.29) is 28.7 Å². The first-order valence-electron chi connectivity index (χ1n) is 6.19. The molecule has 1 heterocycles. The number of rotatable bonds is 4. The molecule has 2 aromatic rings. The van der Waals surface area contributed by atoms with Gasteiger partial charge in [-0.05, 0) is 36.7 Å². The van der Waals surface area contributed by atoms with Gasteiger partial charge in [-0.25, -0.2) is 4.79 Å². The maximum Gasteiger partial charge on any atom is 0.416 e. The summed E-state index contributed by atoms with van der Waals surface area (Å²) >= 11 is 0.870. The molecule has 1 aromatic heterocycles. The highest BCUT2D eigenvalue weighted by molar-refractivity contribution is 7.11. The van der Waals surface area contributed by atoms with Gasteiger partial charge in [0.15, 0.2) is 5.82 Å². The molecule has 0 aliphatic heterocycles. The topological polar surface area (TPSA) is 77.2 Å². The molecule has 0 atom stereocenters. The summed E-state index contributed by atoms with van der Waals surface area (Å²) in [4.78, 5) is 11.8. The van der Waals surface area contributed by atoms with Gasteiger partial charge in [0.25, 0.3) is 0 Å². The Balaban J connectivity index is 2.30. The van der Waals surface area contributed by atoms with E-state index in [9.17, 15) is 18.0 Å². The van der Waals surface area contributed by atoms with Gasteiger partial charge in [-0.3, -0.25) is 0 Å². The van der Waals surface area contributed by atoms with Gasteiger partial charge in [-0.2, -0.15) is 17.5 Å². The summed E-state index contributed by atoms with van der Waals surface area (Å²) in [5, 5.41) is 2.95. The van der Waals surface area contributed by atoms with E-state index in [1.54, 1.807) is 6.92 Å². The van der Waals surface area contributed by atoms with Gasteiger partial charge in [0.05, 0.1) is 12.2 Å². The highest BCUT2D eigenvalue weighted by Crippen LogP contribution is 2.34. The number of nitrogens with one attached hydrogen (secondary N) is 1. The third-order valence-corrected chi connectivity index (χ3v) is 3.42. The molecule has 5 nitrogen and oxygen atoms in total. The summed E-state index contributed by atoms with van der Waals surface area (Å²) in [5.41, 5.74) is 4.99. The molecular weight excluding hydrogens is 319 g/mol. The van der Waals surface area contributed by atoms with Crippen LogP contribution in [-0.2, 0) is 10.9 Å². The fraction of sp³-hybridized carbons (Fsp3) is 0.231. The standard InChI is InChI=1S/C13H12F3N3O2S/c1-2-21-12(20)9-10(17)19-22-11(9)18-8-5-3-4-7(6-8)13(14,15)16/h3-6,18H,2H2,1H3,(H2,17,19). The highest BCUT2D eigenvalue weighted by atomic mass is 32.1. The predicted molar refractivity (Wildman–Crippen MR) is 77.2 cm³/mol. The van der Waals surface area contributed by atoms with Crippen LogP contribution in [0.2, 0.25) is 0 Å². The molecular formula is C13H12F3N3O2S. The number of benzene rings is 1. The second kappa shape index (κ2) is 6.22. The van der Waals surface area contributed by atoms with Crippen molar-refractivity contribution in [1.29, 1.82) is 0 Å². The Morgan fingerprint density at radius 1 is 1.45 bits per heavy atom. The summed E-state index contributed by atoms with van der Waals surface area (Å²) in [6.45, 7) is 1.78. The van der Waals surface area contributed by atoms with Crippen LogP contribution in [0.3, 0.4) is 0 Å². The molecule has 0 bridgehead atoms. The number of ether oxygens (including phenoxy) is 1. The number of carbonyl (C=O) groups excluding carboxylic acids is 1. The van der Waals surface area contributed by atoms with Crippen molar-refractivity contribution in [2.75, 3.05) is 17.7 Å². The van der Waals surface area contributed by atoms with Crippen LogP contribution in [0.4, 0.5) is 29.7 Å². The first-order chi connectivity index (χ1) is 10.3. The van der Waals surface area contributed by atoms with Crippen LogP contribution in [0.15, 0.2) is 24.3 Å². The number of halogens is 3. The molecule has 0 radical (unpaired) electrons. The van der Waals surface area contributed by atoms with Crippen LogP contribution in [0.25, 0.3) is 0 Å². The van der Waals surface area contributed by atoms with Crippen molar-refractivity contribution in [2.24, 2.45) is 0 Å². The third kappa shape index (κ3) is 3.48. The van der Waals surface area contributed by atoms with E-state index < -0.39 is 17.7 Å². The van der Waals surface area contributed by atoms with E-state index in [0.29, 0.717) is 0 Å². The third-order valence-electron chi connectivity index (χ3n) is 2.65. The molecule has 0 amide bonds. The van der Waals surface area contributed by atoms with Gasteiger partial charge < -0.3 is 15.8 Å². The Kier molecular flexibility index (Phi) is 4.55. The van der Waals surface area contributed by atoms with Crippen LogP contribution in [0, 0.1) is 0 Å². The second-order valence-corrected chi connectivity index (χ2v) is 4.97. The summed E-state index contributed by atoms with van der Waals surface area (Å²) in [6.07, 6.45) is -4.45. The number of hydrogen-bond acceptors (Lipinski definition) is 6. The van der Waals surface area contributed by atoms with Crippen LogP contribution >= 0.6 is 11.5 Å². The number of alkyl halides is 3. The lowest BCUT2D eigenvalue weighted by atomic mass is 10.2. The minimum atomic E-state index is -4.45. The molecule has 0 aliphatic carbocycles. The quantitative estimate of drug-likeness (QED) is 0.836. The number of anilines is 3. The van der Waals surface area contributed by atoms with Crippen molar-refractivity contribution >= 4 is 34.0 Å². The molecule has 0 saturated heterocycles. The van der Waals surface area contributed by atoms with Gasteiger partial charge in [0, 0.05) is 5.69 Å². The largest absolute Gasteiger partial charge is 0.462 e. The lowest BCUT2D eigenvalue weighted by Crippen LogP contribution is -2.09. The average molecular weight is 331 g/mol. The normalized spacial score (nSPS) is 11.3. The molecule has 2 rings (SSSR count). The SMILES string of the molecule is CCOC(=O)c1c(N)nsc1Nc1cccc(C(F)(F)F)c1. The number of nitrogen functional groups attached to an aromatic ring is 1. The van der Waals surface area contributed by atoms with E-state index in [0.717, 1.165) is 23.7 Å². The maximum absolute atomic E-state index is 12.7. The van der Waals surface area contributed by atoms with Crippen molar-refractivity contribution < 1.29 is 22.7 Å². The van der Waals surface area contributed by atoms with Crippen molar-refractivity contribution in [3.8, 4) is 0 Å². The Morgan fingerprint density at radius 2 is 2.18 bits per heavy atom. The number of esters is 1. The Morgan fingerprint density at radius 3 is 2.82 bits per heavy atom. The average Bonchev–Trinajstić information content (AvgIpc) is 2.79. The summed E-state index contributed by atoms with van der Waals surface area (Å²) in [5.74, 6) is -0.707. The first-order valence-corrected chi connectivity index (χ1v) is 6.96. The van der Waals surface area contributed by atoms with Crippen molar-refractivity contribution in [2.45, 2.75) is 13.1 Å². The lowest BCUT2D eigenvalue weighted by Gasteiger charge is -2.10. The van der Waals surface area contributed by atoms with E-state index in [1.165, 1.54) is 12.1 Å². The van der Waals surface area contributed by atoms with Crippen LogP contribution in [-0.4, -0.2) is 16.9 Å². The fourth-order valence-corrected chi connectivity index (χ4v) is 2.42. The minimum Gasteiger partial charge on any atom is -0.462 e. The van der Waals surface area contributed by atoms with Crippen molar-refractivity contribution in [3.05, 3.63) is 35.4 Å². The molecule has 118 valence electrons. The van der Waals surface area contributed by atoms with Crippen LogP contribution in [0.1, 0.15) is 22.8 Å². The Bertz CT molecular complexity index is 685. The first kappa shape index (κ1) is 16.1. The van der Waals surface area contributed by atoms with E-state index >= 15 is 0 Å². The highest BCUT2D eigenvalue weighted by Gasteiger charge is 2.30. The molecule has 3 N–H and O–H groups in total. The molecule has 0 spiro atoms. The number of aromatic nitrogens is 1. The zero-order chi connectivity index (χ0) is 16.3. The molecule has 0 fully saturated rings.